The predicted octanol–water partition coefficient (Wildman–Crippen LogP) is 8.48. The number of ether oxygens (including phenoxy) is 1. The van der Waals surface area contributed by atoms with E-state index in [-0.39, 0.29) is 32.1 Å². The largest absolute Gasteiger partial charge is 0.472 e. The molecule has 0 aromatic rings. The highest BCUT2D eigenvalue weighted by Gasteiger charge is 2.23. The second-order valence-electron chi connectivity index (χ2n) is 11.4. The molecular formula is C34H64NO8P. The molecule has 258 valence electrons. The van der Waals surface area contributed by atoms with Crippen molar-refractivity contribution >= 4 is 19.7 Å². The quantitative estimate of drug-likeness (QED) is 0.0287. The number of esters is 1. The zero-order chi connectivity index (χ0) is 32.6. The first-order valence-electron chi connectivity index (χ1n) is 17.3. The molecule has 0 heterocycles. The van der Waals surface area contributed by atoms with Crippen LogP contribution in [0.5, 0.6) is 0 Å². The van der Waals surface area contributed by atoms with E-state index in [1.165, 1.54) is 96.3 Å². The molecule has 0 saturated carbocycles. The molecule has 3 N–H and O–H groups in total. The van der Waals surface area contributed by atoms with Gasteiger partial charge in [-0.3, -0.25) is 18.6 Å². The van der Waals surface area contributed by atoms with Crippen molar-refractivity contribution in [3.05, 3.63) is 24.3 Å². The van der Waals surface area contributed by atoms with Gasteiger partial charge >= 0.3 is 13.8 Å². The summed E-state index contributed by atoms with van der Waals surface area (Å²) in [7, 11) is -4.38. The zero-order valence-corrected chi connectivity index (χ0v) is 28.7. The van der Waals surface area contributed by atoms with Crippen molar-refractivity contribution in [3.63, 3.8) is 0 Å². The van der Waals surface area contributed by atoms with E-state index in [2.05, 4.69) is 41.1 Å². The minimum Gasteiger partial charge on any atom is -0.463 e. The number of carbonyl (C=O) groups excluding carboxylic acids is 2. The molecule has 10 heteroatoms. The average molecular weight is 646 g/mol. The van der Waals surface area contributed by atoms with Gasteiger partial charge in [0, 0.05) is 19.4 Å². The van der Waals surface area contributed by atoms with Crippen molar-refractivity contribution in [2.24, 2.45) is 0 Å². The third-order valence-electron chi connectivity index (χ3n) is 7.19. The van der Waals surface area contributed by atoms with E-state index >= 15 is 0 Å². The second-order valence-corrected chi connectivity index (χ2v) is 12.9. The molecule has 0 aliphatic carbocycles. The van der Waals surface area contributed by atoms with Gasteiger partial charge in [0.2, 0.25) is 5.91 Å². The number of phosphoric ester groups is 1. The Labute approximate surface area is 268 Å². The van der Waals surface area contributed by atoms with Crippen LogP contribution < -0.4 is 5.32 Å². The molecule has 0 rings (SSSR count). The van der Waals surface area contributed by atoms with E-state index in [1.807, 2.05) is 0 Å². The smallest absolute Gasteiger partial charge is 0.463 e. The van der Waals surface area contributed by atoms with Crippen LogP contribution in [0.15, 0.2) is 24.3 Å². The van der Waals surface area contributed by atoms with E-state index in [0.717, 1.165) is 25.7 Å². The summed E-state index contributed by atoms with van der Waals surface area (Å²) in [4.78, 5) is 32.6. The van der Waals surface area contributed by atoms with Gasteiger partial charge in [-0.25, -0.2) is 4.57 Å². The summed E-state index contributed by atoms with van der Waals surface area (Å²) in [6.45, 7) is 2.89. The number of aliphatic hydroxyl groups is 1. The average Bonchev–Trinajstić information content (AvgIpc) is 3.01. The number of amides is 1. The van der Waals surface area contributed by atoms with Crippen molar-refractivity contribution < 1.29 is 37.9 Å². The van der Waals surface area contributed by atoms with Crippen LogP contribution >= 0.6 is 7.82 Å². The fourth-order valence-corrected chi connectivity index (χ4v) is 5.26. The van der Waals surface area contributed by atoms with E-state index in [1.54, 1.807) is 6.92 Å². The van der Waals surface area contributed by atoms with Crippen LogP contribution in [0.4, 0.5) is 0 Å². The molecule has 44 heavy (non-hydrogen) atoms. The van der Waals surface area contributed by atoms with Gasteiger partial charge < -0.3 is 20.1 Å². The van der Waals surface area contributed by atoms with Crippen molar-refractivity contribution in [1.29, 1.82) is 0 Å². The lowest BCUT2D eigenvalue weighted by Crippen LogP contribution is -2.27. The van der Waals surface area contributed by atoms with Gasteiger partial charge in [0.15, 0.2) is 0 Å². The fourth-order valence-electron chi connectivity index (χ4n) is 4.51. The van der Waals surface area contributed by atoms with Crippen LogP contribution in [0.2, 0.25) is 0 Å². The fraction of sp³-hybridized carbons (Fsp3) is 0.824. The number of rotatable bonds is 32. The zero-order valence-electron chi connectivity index (χ0n) is 27.9. The van der Waals surface area contributed by atoms with Crippen LogP contribution in [0.1, 0.15) is 149 Å². The molecule has 0 aliphatic heterocycles. The maximum absolute atomic E-state index is 11.9. The summed E-state index contributed by atoms with van der Waals surface area (Å²) in [6, 6.07) is 0. The number of hydrogen-bond acceptors (Lipinski definition) is 7. The first kappa shape index (κ1) is 42.5. The summed E-state index contributed by atoms with van der Waals surface area (Å²) in [5.74, 6) is -0.607. The Balaban J connectivity index is 3.44. The Kier molecular flexibility index (Phi) is 30.4. The molecule has 9 nitrogen and oxygen atoms in total. The minimum atomic E-state index is -4.38. The molecule has 0 fully saturated rings. The Bertz CT molecular complexity index is 789. The van der Waals surface area contributed by atoms with Crippen molar-refractivity contribution in [2.75, 3.05) is 26.4 Å². The molecule has 1 amide bonds. The minimum absolute atomic E-state index is 0.0815. The van der Waals surface area contributed by atoms with Crippen LogP contribution in [0, 0.1) is 0 Å². The number of nitrogens with one attached hydrogen (secondary N) is 1. The molecular weight excluding hydrogens is 581 g/mol. The lowest BCUT2D eigenvalue weighted by molar-refractivity contribution is -0.146. The van der Waals surface area contributed by atoms with E-state index in [0.29, 0.717) is 6.42 Å². The SMILES string of the molecule is CCCCC/C=C\C/C=C\CCCCCCCCCCCCCCCC(=O)NCCOP(=O)(O)OCC(O)COC(=O)CC. The lowest BCUT2D eigenvalue weighted by atomic mass is 10.0. The second kappa shape index (κ2) is 31.5. The van der Waals surface area contributed by atoms with Crippen molar-refractivity contribution in [3.8, 4) is 0 Å². The summed E-state index contributed by atoms with van der Waals surface area (Å²) in [5.41, 5.74) is 0. The number of carbonyl (C=O) groups is 2. The first-order chi connectivity index (χ1) is 21.3. The molecule has 2 atom stereocenters. The summed E-state index contributed by atoms with van der Waals surface area (Å²) in [6.07, 6.45) is 32.2. The van der Waals surface area contributed by atoms with E-state index in [9.17, 15) is 24.2 Å². The standard InChI is InChI=1S/C34H64NO8P/c1-3-5-6-7-8-9-10-11-12-13-14-15-16-17-18-19-20-21-22-23-24-25-26-27-33(37)35-28-29-42-44(39,40)43-31-32(36)30-41-34(38)4-2/h8-9,11-12,32,36H,3-7,10,13-31H2,1-2H3,(H,35,37)(H,39,40)/b9-8-,12-11-. The van der Waals surface area contributed by atoms with E-state index < -0.39 is 26.5 Å². The normalized spacial score (nSPS) is 13.8. The Hall–Kier alpha value is -1.51. The maximum Gasteiger partial charge on any atom is 0.472 e. The number of unbranched alkanes of at least 4 members (excludes halogenated alkanes) is 16. The molecule has 0 aromatic carbocycles. The van der Waals surface area contributed by atoms with Crippen LogP contribution in [0.3, 0.4) is 0 Å². The molecule has 0 saturated heterocycles. The molecule has 0 aliphatic rings. The number of aliphatic hydroxyl groups excluding tert-OH is 1. The predicted molar refractivity (Wildman–Crippen MR) is 178 cm³/mol. The monoisotopic (exact) mass is 645 g/mol. The van der Waals surface area contributed by atoms with Crippen LogP contribution in [-0.4, -0.2) is 54.3 Å². The van der Waals surface area contributed by atoms with Gasteiger partial charge in [-0.15, -0.1) is 0 Å². The van der Waals surface area contributed by atoms with Crippen LogP contribution in [-0.2, 0) is 27.9 Å². The Morgan fingerprint density at radius 2 is 1.25 bits per heavy atom. The number of allylic oxidation sites excluding steroid dienone is 4. The topological polar surface area (TPSA) is 131 Å². The number of hydrogen-bond donors (Lipinski definition) is 3. The van der Waals surface area contributed by atoms with Crippen molar-refractivity contribution in [2.45, 2.75) is 155 Å². The van der Waals surface area contributed by atoms with Gasteiger partial charge in [0.1, 0.15) is 12.7 Å². The highest BCUT2D eigenvalue weighted by molar-refractivity contribution is 7.47. The van der Waals surface area contributed by atoms with Gasteiger partial charge in [-0.2, -0.15) is 0 Å². The molecule has 0 aromatic heterocycles. The molecule has 0 bridgehead atoms. The molecule has 2 unspecified atom stereocenters. The molecule has 0 spiro atoms. The summed E-state index contributed by atoms with van der Waals surface area (Å²) in [5, 5.41) is 12.3. The number of phosphoric acid groups is 1. The summed E-state index contributed by atoms with van der Waals surface area (Å²) < 4.78 is 26.0. The first-order valence-corrected chi connectivity index (χ1v) is 18.8. The van der Waals surface area contributed by atoms with Crippen molar-refractivity contribution in [1.82, 2.24) is 5.32 Å². The van der Waals surface area contributed by atoms with Gasteiger partial charge in [0.25, 0.3) is 0 Å². The summed E-state index contributed by atoms with van der Waals surface area (Å²) >= 11 is 0. The van der Waals surface area contributed by atoms with Gasteiger partial charge in [0.05, 0.1) is 13.2 Å². The van der Waals surface area contributed by atoms with Gasteiger partial charge in [-0.05, 0) is 38.5 Å². The van der Waals surface area contributed by atoms with Gasteiger partial charge in [-0.1, -0.05) is 122 Å². The van der Waals surface area contributed by atoms with Crippen LogP contribution in [0.25, 0.3) is 0 Å². The lowest BCUT2D eigenvalue weighted by Gasteiger charge is -2.15. The maximum atomic E-state index is 11.9. The Morgan fingerprint density at radius 1 is 0.727 bits per heavy atom. The third kappa shape index (κ3) is 31.9. The highest BCUT2D eigenvalue weighted by atomic mass is 31.2. The highest BCUT2D eigenvalue weighted by Crippen LogP contribution is 2.42. The Morgan fingerprint density at radius 3 is 1.80 bits per heavy atom. The third-order valence-corrected chi connectivity index (χ3v) is 8.17. The van der Waals surface area contributed by atoms with E-state index in [4.69, 9.17) is 9.26 Å². The molecule has 0 radical (unpaired) electrons.